The highest BCUT2D eigenvalue weighted by molar-refractivity contribution is 6.35. The summed E-state index contributed by atoms with van der Waals surface area (Å²) >= 11 is 12.0. The molecule has 2 aromatic rings. The number of carbonyl (C=O) groups is 2. The van der Waals surface area contributed by atoms with E-state index in [0.717, 1.165) is 16.9 Å². The largest absolute Gasteiger partial charge is 0.484 e. The van der Waals surface area contributed by atoms with Crippen LogP contribution in [0.1, 0.15) is 34.3 Å². The second-order valence-electron chi connectivity index (χ2n) is 7.31. The van der Waals surface area contributed by atoms with Crippen molar-refractivity contribution >= 4 is 35.0 Å². The lowest BCUT2D eigenvalue weighted by Crippen LogP contribution is -2.47. The lowest BCUT2D eigenvalue weighted by molar-refractivity contribution is -0.134. The third-order valence-electron chi connectivity index (χ3n) is 5.04. The van der Waals surface area contributed by atoms with Gasteiger partial charge >= 0.3 is 0 Å². The first-order chi connectivity index (χ1) is 13.8. The van der Waals surface area contributed by atoms with Gasteiger partial charge in [-0.25, -0.2) is 0 Å². The highest BCUT2D eigenvalue weighted by Crippen LogP contribution is 2.22. The summed E-state index contributed by atoms with van der Waals surface area (Å²) in [5.41, 5.74) is 2.53. The van der Waals surface area contributed by atoms with Crippen LogP contribution in [0.5, 0.6) is 5.75 Å². The number of nitrogens with zero attached hydrogens (tertiary/aromatic N) is 1. The van der Waals surface area contributed by atoms with Crippen molar-refractivity contribution in [3.63, 3.8) is 0 Å². The predicted octanol–water partition coefficient (Wildman–Crippen LogP) is 4.41. The van der Waals surface area contributed by atoms with Crippen LogP contribution in [0.25, 0.3) is 0 Å². The summed E-state index contributed by atoms with van der Waals surface area (Å²) in [5, 5.41) is 3.81. The number of aryl methyl sites for hydroxylation is 2. The molecule has 0 atom stereocenters. The van der Waals surface area contributed by atoms with E-state index in [0.29, 0.717) is 41.5 Å². The van der Waals surface area contributed by atoms with Crippen LogP contribution in [0.2, 0.25) is 10.0 Å². The SMILES string of the molecule is Cc1ccc(OCC(=O)N2CCC(NC(=O)c3cc(Cl)ccc3Cl)CC2)c(C)c1. The van der Waals surface area contributed by atoms with Crippen molar-refractivity contribution < 1.29 is 14.3 Å². The smallest absolute Gasteiger partial charge is 0.260 e. The Hall–Kier alpha value is -2.24. The maximum Gasteiger partial charge on any atom is 0.260 e. The number of carbonyl (C=O) groups excluding carboxylic acids is 2. The number of hydrogen-bond acceptors (Lipinski definition) is 3. The molecule has 1 heterocycles. The van der Waals surface area contributed by atoms with Crippen LogP contribution in [0.15, 0.2) is 36.4 Å². The quantitative estimate of drug-likeness (QED) is 0.757. The molecule has 2 aromatic carbocycles. The van der Waals surface area contributed by atoms with Crippen LogP contribution in [0.4, 0.5) is 0 Å². The summed E-state index contributed by atoms with van der Waals surface area (Å²) in [4.78, 5) is 26.7. The third kappa shape index (κ3) is 5.64. The number of halogens is 2. The van der Waals surface area contributed by atoms with E-state index < -0.39 is 0 Å². The Morgan fingerprint density at radius 1 is 1.10 bits per heavy atom. The van der Waals surface area contributed by atoms with Crippen molar-refractivity contribution in [3.05, 3.63) is 63.1 Å². The zero-order valence-corrected chi connectivity index (χ0v) is 18.0. The van der Waals surface area contributed by atoms with Crippen molar-refractivity contribution in [3.8, 4) is 5.75 Å². The molecular weight excluding hydrogens is 411 g/mol. The van der Waals surface area contributed by atoms with E-state index >= 15 is 0 Å². The van der Waals surface area contributed by atoms with Gasteiger partial charge in [-0.15, -0.1) is 0 Å². The molecule has 1 N–H and O–H groups in total. The van der Waals surface area contributed by atoms with Crippen LogP contribution in [0.3, 0.4) is 0 Å². The Labute approximate surface area is 180 Å². The lowest BCUT2D eigenvalue weighted by atomic mass is 10.0. The number of piperidine rings is 1. The molecule has 0 saturated carbocycles. The number of likely N-dealkylation sites (tertiary alicyclic amines) is 1. The van der Waals surface area contributed by atoms with Crippen LogP contribution < -0.4 is 10.1 Å². The molecule has 0 unspecified atom stereocenters. The molecular formula is C22H24Cl2N2O3. The Kier molecular flexibility index (Phi) is 7.04. The first kappa shape index (κ1) is 21.5. The summed E-state index contributed by atoms with van der Waals surface area (Å²) in [6, 6.07) is 10.7. The maximum absolute atomic E-state index is 12.5. The minimum Gasteiger partial charge on any atom is -0.484 e. The van der Waals surface area contributed by atoms with Gasteiger partial charge in [-0.1, -0.05) is 40.9 Å². The minimum atomic E-state index is -0.250. The lowest BCUT2D eigenvalue weighted by Gasteiger charge is -2.32. The highest BCUT2D eigenvalue weighted by atomic mass is 35.5. The number of nitrogens with one attached hydrogen (secondary N) is 1. The Morgan fingerprint density at radius 3 is 2.52 bits per heavy atom. The van der Waals surface area contributed by atoms with E-state index in [1.54, 1.807) is 23.1 Å². The second kappa shape index (κ2) is 9.51. The normalized spacial score (nSPS) is 14.6. The van der Waals surface area contributed by atoms with Gasteiger partial charge in [0.15, 0.2) is 6.61 Å². The molecule has 1 aliphatic heterocycles. The van der Waals surface area contributed by atoms with E-state index in [2.05, 4.69) is 5.32 Å². The third-order valence-corrected chi connectivity index (χ3v) is 5.60. The Balaban J connectivity index is 1.47. The van der Waals surface area contributed by atoms with Crippen LogP contribution >= 0.6 is 23.2 Å². The molecule has 1 aliphatic rings. The summed E-state index contributed by atoms with van der Waals surface area (Å²) in [5.74, 6) is 0.428. The standard InChI is InChI=1S/C22H24Cl2N2O3/c1-14-3-6-20(15(2)11-14)29-13-21(27)26-9-7-17(8-10-26)25-22(28)18-12-16(23)4-5-19(18)24/h3-6,11-12,17H,7-10,13H2,1-2H3,(H,25,28). The minimum absolute atomic E-state index is 0.0122. The van der Waals surface area contributed by atoms with Gasteiger partial charge in [0.2, 0.25) is 0 Å². The molecule has 0 bridgehead atoms. The summed E-state index contributed by atoms with van der Waals surface area (Å²) in [7, 11) is 0. The van der Waals surface area contributed by atoms with Gasteiger partial charge in [0.1, 0.15) is 5.75 Å². The average molecular weight is 435 g/mol. The van der Waals surface area contributed by atoms with Crippen LogP contribution in [0, 0.1) is 13.8 Å². The highest BCUT2D eigenvalue weighted by Gasteiger charge is 2.25. The summed E-state index contributed by atoms with van der Waals surface area (Å²) in [6.45, 7) is 5.14. The van der Waals surface area contributed by atoms with Gasteiger partial charge in [-0.3, -0.25) is 9.59 Å². The molecule has 0 radical (unpaired) electrons. The van der Waals surface area contributed by atoms with Crippen LogP contribution in [-0.4, -0.2) is 42.5 Å². The number of amides is 2. The van der Waals surface area contributed by atoms with Gasteiger partial charge in [0.05, 0.1) is 10.6 Å². The molecule has 5 nitrogen and oxygen atoms in total. The molecule has 0 aliphatic carbocycles. The fourth-order valence-electron chi connectivity index (χ4n) is 3.40. The Bertz CT molecular complexity index is 909. The number of rotatable bonds is 5. The van der Waals surface area contributed by atoms with Gasteiger partial charge in [0, 0.05) is 24.2 Å². The predicted molar refractivity (Wildman–Crippen MR) is 115 cm³/mol. The fourth-order valence-corrected chi connectivity index (χ4v) is 3.78. The Morgan fingerprint density at radius 2 is 1.83 bits per heavy atom. The van der Waals surface area contributed by atoms with Crippen molar-refractivity contribution in [2.75, 3.05) is 19.7 Å². The second-order valence-corrected chi connectivity index (χ2v) is 8.15. The molecule has 29 heavy (non-hydrogen) atoms. The van der Waals surface area contributed by atoms with Crippen molar-refractivity contribution in [2.24, 2.45) is 0 Å². The first-order valence-corrected chi connectivity index (χ1v) is 10.3. The number of benzene rings is 2. The number of ether oxygens (including phenoxy) is 1. The van der Waals surface area contributed by atoms with Gasteiger partial charge in [-0.05, 0) is 56.5 Å². The molecule has 7 heteroatoms. The summed E-state index contributed by atoms with van der Waals surface area (Å²) in [6.07, 6.45) is 1.36. The summed E-state index contributed by atoms with van der Waals surface area (Å²) < 4.78 is 5.69. The number of hydrogen-bond donors (Lipinski definition) is 1. The van der Waals surface area contributed by atoms with E-state index in [4.69, 9.17) is 27.9 Å². The molecule has 2 amide bonds. The monoisotopic (exact) mass is 434 g/mol. The molecule has 0 aromatic heterocycles. The molecule has 0 spiro atoms. The topological polar surface area (TPSA) is 58.6 Å². The molecule has 3 rings (SSSR count). The first-order valence-electron chi connectivity index (χ1n) is 9.57. The maximum atomic E-state index is 12.5. The molecule has 1 saturated heterocycles. The van der Waals surface area contributed by atoms with Crippen molar-refractivity contribution in [1.29, 1.82) is 0 Å². The van der Waals surface area contributed by atoms with Gasteiger partial charge in [-0.2, -0.15) is 0 Å². The van der Waals surface area contributed by atoms with Gasteiger partial charge < -0.3 is 15.0 Å². The average Bonchev–Trinajstić information content (AvgIpc) is 2.69. The van der Waals surface area contributed by atoms with E-state index in [1.165, 1.54) is 0 Å². The van der Waals surface area contributed by atoms with Gasteiger partial charge in [0.25, 0.3) is 11.8 Å². The van der Waals surface area contributed by atoms with Crippen molar-refractivity contribution in [1.82, 2.24) is 10.2 Å². The fraction of sp³-hybridized carbons (Fsp3) is 0.364. The van der Waals surface area contributed by atoms with Crippen molar-refractivity contribution in [2.45, 2.75) is 32.7 Å². The zero-order valence-electron chi connectivity index (χ0n) is 16.5. The van der Waals surface area contributed by atoms with Crippen LogP contribution in [-0.2, 0) is 4.79 Å². The van der Waals surface area contributed by atoms with E-state index in [-0.39, 0.29) is 24.5 Å². The molecule has 154 valence electrons. The van der Waals surface area contributed by atoms with E-state index in [1.807, 2.05) is 32.0 Å². The molecule has 1 fully saturated rings. The van der Waals surface area contributed by atoms with E-state index in [9.17, 15) is 9.59 Å². The zero-order chi connectivity index (χ0) is 21.0.